The molecule has 5 nitrogen and oxygen atoms in total. The van der Waals surface area contributed by atoms with E-state index in [0.717, 1.165) is 45.8 Å². The Morgan fingerprint density at radius 2 is 1.95 bits per heavy atom. The smallest absolute Gasteiger partial charge is 0.237 e. The molecule has 1 heterocycles. The lowest BCUT2D eigenvalue weighted by Crippen LogP contribution is -2.50. The summed E-state index contributed by atoms with van der Waals surface area (Å²) in [4.78, 5) is 14.3. The van der Waals surface area contributed by atoms with Crippen molar-refractivity contribution in [3.8, 4) is 0 Å². The van der Waals surface area contributed by atoms with Crippen LogP contribution in [-0.4, -0.2) is 61.8 Å². The van der Waals surface area contributed by atoms with Gasteiger partial charge in [-0.2, -0.15) is 0 Å². The minimum absolute atomic E-state index is 0.0684. The van der Waals surface area contributed by atoms with E-state index in [-0.39, 0.29) is 17.5 Å². The van der Waals surface area contributed by atoms with Gasteiger partial charge in [-0.25, -0.2) is 0 Å². The lowest BCUT2D eigenvalue weighted by molar-refractivity contribution is -0.124. The van der Waals surface area contributed by atoms with E-state index in [1.807, 2.05) is 27.7 Å². The second-order valence-corrected chi connectivity index (χ2v) is 6.22. The second-order valence-electron chi connectivity index (χ2n) is 6.22. The van der Waals surface area contributed by atoms with Gasteiger partial charge in [-0.1, -0.05) is 0 Å². The van der Waals surface area contributed by atoms with E-state index in [9.17, 15) is 4.79 Å². The molecule has 2 N–H and O–H groups in total. The summed E-state index contributed by atoms with van der Waals surface area (Å²) < 4.78 is 5.31. The summed E-state index contributed by atoms with van der Waals surface area (Å²) in [5, 5.41) is 6.26. The quantitative estimate of drug-likeness (QED) is 0.695. The van der Waals surface area contributed by atoms with Crippen molar-refractivity contribution in [3.05, 3.63) is 0 Å². The van der Waals surface area contributed by atoms with Crippen LogP contribution >= 0.6 is 0 Å². The first-order valence-corrected chi connectivity index (χ1v) is 7.24. The Morgan fingerprint density at radius 1 is 1.32 bits per heavy atom. The SMILES string of the molecule is CC(NCCCN1CCOCC1)C(=O)NC(C)(C)C. The Hall–Kier alpha value is -0.650. The van der Waals surface area contributed by atoms with E-state index in [1.165, 1.54) is 0 Å². The van der Waals surface area contributed by atoms with Crippen LogP contribution in [0.3, 0.4) is 0 Å². The molecule has 1 saturated heterocycles. The summed E-state index contributed by atoms with van der Waals surface area (Å²) in [7, 11) is 0. The van der Waals surface area contributed by atoms with Crippen molar-refractivity contribution < 1.29 is 9.53 Å². The maximum Gasteiger partial charge on any atom is 0.237 e. The molecule has 112 valence electrons. The van der Waals surface area contributed by atoms with Crippen molar-refractivity contribution in [2.24, 2.45) is 0 Å². The molecule has 1 fully saturated rings. The number of hydrogen-bond donors (Lipinski definition) is 2. The van der Waals surface area contributed by atoms with Crippen LogP contribution in [0.25, 0.3) is 0 Å². The van der Waals surface area contributed by atoms with E-state index in [0.29, 0.717) is 0 Å². The van der Waals surface area contributed by atoms with Crippen LogP contribution in [0.5, 0.6) is 0 Å². The highest BCUT2D eigenvalue weighted by molar-refractivity contribution is 5.81. The topological polar surface area (TPSA) is 53.6 Å². The molecule has 0 aliphatic carbocycles. The van der Waals surface area contributed by atoms with Crippen LogP contribution in [0.4, 0.5) is 0 Å². The zero-order valence-electron chi connectivity index (χ0n) is 12.8. The van der Waals surface area contributed by atoms with Gasteiger partial charge in [0.25, 0.3) is 0 Å². The van der Waals surface area contributed by atoms with Crippen molar-refractivity contribution in [3.63, 3.8) is 0 Å². The number of nitrogens with zero attached hydrogens (tertiary/aromatic N) is 1. The molecule has 1 aliphatic rings. The highest BCUT2D eigenvalue weighted by Gasteiger charge is 2.18. The predicted molar refractivity (Wildman–Crippen MR) is 77.2 cm³/mol. The summed E-state index contributed by atoms with van der Waals surface area (Å²) in [5.74, 6) is 0.0684. The Labute approximate surface area is 117 Å². The predicted octanol–water partition coefficient (Wildman–Crippen LogP) is 0.602. The van der Waals surface area contributed by atoms with Gasteiger partial charge in [0, 0.05) is 18.6 Å². The summed E-state index contributed by atoms with van der Waals surface area (Å²) >= 11 is 0. The Kier molecular flexibility index (Phi) is 6.75. The standard InChI is InChI=1S/C14H29N3O2/c1-12(13(18)16-14(2,3)4)15-6-5-7-17-8-10-19-11-9-17/h12,15H,5-11H2,1-4H3,(H,16,18). The van der Waals surface area contributed by atoms with Gasteiger partial charge in [-0.3, -0.25) is 9.69 Å². The van der Waals surface area contributed by atoms with Crippen molar-refractivity contribution in [2.45, 2.75) is 45.7 Å². The highest BCUT2D eigenvalue weighted by atomic mass is 16.5. The number of ether oxygens (including phenoxy) is 1. The largest absolute Gasteiger partial charge is 0.379 e. The van der Waals surface area contributed by atoms with Crippen molar-refractivity contribution in [1.29, 1.82) is 0 Å². The summed E-state index contributed by atoms with van der Waals surface area (Å²) in [6, 6.07) is -0.135. The normalized spacial score (nSPS) is 19.2. The fourth-order valence-electron chi connectivity index (χ4n) is 2.02. The third-order valence-electron chi connectivity index (χ3n) is 3.10. The monoisotopic (exact) mass is 271 g/mol. The molecule has 0 aromatic heterocycles. The molecule has 19 heavy (non-hydrogen) atoms. The molecule has 1 aliphatic heterocycles. The van der Waals surface area contributed by atoms with Crippen LogP contribution in [0.2, 0.25) is 0 Å². The van der Waals surface area contributed by atoms with E-state index in [1.54, 1.807) is 0 Å². The first kappa shape index (κ1) is 16.4. The maximum absolute atomic E-state index is 11.9. The fraction of sp³-hybridized carbons (Fsp3) is 0.929. The zero-order chi connectivity index (χ0) is 14.3. The number of nitrogens with one attached hydrogen (secondary N) is 2. The molecule has 5 heteroatoms. The van der Waals surface area contributed by atoms with E-state index in [4.69, 9.17) is 4.74 Å². The van der Waals surface area contributed by atoms with E-state index in [2.05, 4.69) is 15.5 Å². The van der Waals surface area contributed by atoms with Crippen LogP contribution in [-0.2, 0) is 9.53 Å². The molecule has 1 rings (SSSR count). The van der Waals surface area contributed by atoms with Crippen molar-refractivity contribution in [2.75, 3.05) is 39.4 Å². The fourth-order valence-corrected chi connectivity index (χ4v) is 2.02. The molecule has 0 spiro atoms. The molecule has 0 aromatic rings. The minimum Gasteiger partial charge on any atom is -0.379 e. The summed E-state index contributed by atoms with van der Waals surface area (Å²) in [5.41, 5.74) is -0.166. The van der Waals surface area contributed by atoms with Crippen LogP contribution in [0, 0.1) is 0 Å². The van der Waals surface area contributed by atoms with Gasteiger partial charge < -0.3 is 15.4 Å². The second kappa shape index (κ2) is 7.82. The molecule has 0 saturated carbocycles. The molecule has 1 atom stereocenters. The minimum atomic E-state index is -0.166. The van der Waals surface area contributed by atoms with Gasteiger partial charge in [0.15, 0.2) is 0 Å². The summed E-state index contributed by atoms with van der Waals surface area (Å²) in [6.07, 6.45) is 1.06. The first-order chi connectivity index (χ1) is 8.88. The number of amides is 1. The number of morpholine rings is 1. The molecular weight excluding hydrogens is 242 g/mol. The lowest BCUT2D eigenvalue weighted by atomic mass is 10.1. The Morgan fingerprint density at radius 3 is 2.53 bits per heavy atom. The third kappa shape index (κ3) is 7.50. The number of rotatable bonds is 6. The molecular formula is C14H29N3O2. The number of carbonyl (C=O) groups excluding carboxylic acids is 1. The molecule has 0 aromatic carbocycles. The van der Waals surface area contributed by atoms with Gasteiger partial charge >= 0.3 is 0 Å². The Bertz CT molecular complexity index is 270. The average molecular weight is 271 g/mol. The van der Waals surface area contributed by atoms with Crippen LogP contribution < -0.4 is 10.6 Å². The van der Waals surface area contributed by atoms with E-state index >= 15 is 0 Å². The van der Waals surface area contributed by atoms with Gasteiger partial charge in [-0.15, -0.1) is 0 Å². The molecule has 1 unspecified atom stereocenters. The first-order valence-electron chi connectivity index (χ1n) is 7.24. The average Bonchev–Trinajstić information content (AvgIpc) is 2.33. The lowest BCUT2D eigenvalue weighted by Gasteiger charge is -2.27. The van der Waals surface area contributed by atoms with Crippen LogP contribution in [0.1, 0.15) is 34.1 Å². The van der Waals surface area contributed by atoms with Crippen LogP contribution in [0.15, 0.2) is 0 Å². The van der Waals surface area contributed by atoms with Gasteiger partial charge in [-0.05, 0) is 47.2 Å². The summed E-state index contributed by atoms with van der Waals surface area (Å²) in [6.45, 7) is 13.6. The van der Waals surface area contributed by atoms with Gasteiger partial charge in [0.1, 0.15) is 0 Å². The number of carbonyl (C=O) groups is 1. The maximum atomic E-state index is 11.9. The third-order valence-corrected chi connectivity index (χ3v) is 3.10. The van der Waals surface area contributed by atoms with Gasteiger partial charge in [0.05, 0.1) is 19.3 Å². The molecule has 0 radical (unpaired) electrons. The van der Waals surface area contributed by atoms with Gasteiger partial charge in [0.2, 0.25) is 5.91 Å². The molecule has 0 bridgehead atoms. The van der Waals surface area contributed by atoms with Crippen molar-refractivity contribution >= 4 is 5.91 Å². The molecule has 1 amide bonds. The number of hydrogen-bond acceptors (Lipinski definition) is 4. The van der Waals surface area contributed by atoms with E-state index < -0.39 is 0 Å². The Balaban J connectivity index is 2.09. The zero-order valence-corrected chi connectivity index (χ0v) is 12.8. The highest BCUT2D eigenvalue weighted by Crippen LogP contribution is 2.00. The van der Waals surface area contributed by atoms with Crippen molar-refractivity contribution in [1.82, 2.24) is 15.5 Å².